The van der Waals surface area contributed by atoms with Gasteiger partial charge in [0.2, 0.25) is 0 Å². The van der Waals surface area contributed by atoms with Crippen LogP contribution in [0.15, 0.2) is 43.4 Å². The maximum Gasteiger partial charge on any atom is 0.347 e. The summed E-state index contributed by atoms with van der Waals surface area (Å²) in [4.78, 5) is 48.7. The molecule has 4 atom stereocenters. The van der Waals surface area contributed by atoms with Gasteiger partial charge >= 0.3 is 11.4 Å². The largest absolute Gasteiger partial charge is 0.504 e. The van der Waals surface area contributed by atoms with Gasteiger partial charge in [-0.25, -0.2) is 23.5 Å². The number of halogens is 5. The standard InChI is InChI=1S/C22H16Cl4IN3O6/c1-28-19(34)29-4-3-9-11(30(29)20(28)35)7-21(25)17(32)14(23)15(24)18(33)22(21,26)13(9)8-5-10(27)16(31)12(6-8)36-2/h3,5-6,11,13,31H,4,7H2,1-2H3/t11-,13+,21-,22+/m1/s1. The fourth-order valence-corrected chi connectivity index (χ4v) is 7.52. The van der Waals surface area contributed by atoms with Gasteiger partial charge in [0.25, 0.3) is 0 Å². The topological polar surface area (TPSA) is 113 Å². The molecule has 2 heterocycles. The summed E-state index contributed by atoms with van der Waals surface area (Å²) in [5, 5.41) is 9.32. The molecule has 0 unspecified atom stereocenters. The van der Waals surface area contributed by atoms with E-state index in [0.717, 1.165) is 4.57 Å². The number of benzene rings is 1. The van der Waals surface area contributed by atoms with Crippen LogP contribution in [-0.2, 0) is 23.2 Å². The molecule has 190 valence electrons. The zero-order chi connectivity index (χ0) is 26.5. The monoisotopic (exact) mass is 685 g/mol. The first-order valence-electron chi connectivity index (χ1n) is 10.5. The van der Waals surface area contributed by atoms with Crippen molar-refractivity contribution in [3.8, 4) is 11.5 Å². The number of carbonyl (C=O) groups excluding carboxylic acids is 2. The number of fused-ring (bicyclic) bond motifs is 4. The number of ketones is 2. The Morgan fingerprint density at radius 1 is 1.08 bits per heavy atom. The minimum absolute atomic E-state index is 0.0122. The Morgan fingerprint density at radius 3 is 2.36 bits per heavy atom. The lowest BCUT2D eigenvalue weighted by atomic mass is 9.59. The third kappa shape index (κ3) is 3.08. The Kier molecular flexibility index (Phi) is 6.03. The predicted molar refractivity (Wildman–Crippen MR) is 142 cm³/mol. The molecule has 0 bridgehead atoms. The minimum atomic E-state index is -2.14. The summed E-state index contributed by atoms with van der Waals surface area (Å²) in [6, 6.07) is 2.15. The van der Waals surface area contributed by atoms with E-state index in [1.807, 2.05) is 22.6 Å². The first kappa shape index (κ1) is 25.9. The normalized spacial score (nSPS) is 29.5. The van der Waals surface area contributed by atoms with Gasteiger partial charge in [0.1, 0.15) is 19.8 Å². The van der Waals surface area contributed by atoms with Crippen LogP contribution in [0.3, 0.4) is 0 Å². The minimum Gasteiger partial charge on any atom is -0.504 e. The summed E-state index contributed by atoms with van der Waals surface area (Å²) in [6.45, 7) is 0.0122. The molecule has 2 aromatic rings. The lowest BCUT2D eigenvalue weighted by Crippen LogP contribution is -2.67. The lowest BCUT2D eigenvalue weighted by molar-refractivity contribution is -0.128. The molecular weight excluding hydrogens is 671 g/mol. The zero-order valence-electron chi connectivity index (χ0n) is 18.5. The first-order chi connectivity index (χ1) is 16.8. The third-order valence-electron chi connectivity index (χ3n) is 7.10. The van der Waals surface area contributed by atoms with E-state index >= 15 is 0 Å². The first-order valence-corrected chi connectivity index (χ1v) is 13.1. The second kappa shape index (κ2) is 8.39. The summed E-state index contributed by atoms with van der Waals surface area (Å²) >= 11 is 28.4. The number of hydrogen-bond donors (Lipinski definition) is 1. The maximum absolute atomic E-state index is 13.7. The number of allylic oxidation sites excluding steroid dienone is 4. The number of nitrogens with zero attached hydrogens (tertiary/aromatic N) is 3. The van der Waals surface area contributed by atoms with Crippen LogP contribution < -0.4 is 16.1 Å². The van der Waals surface area contributed by atoms with Crippen molar-refractivity contribution < 1.29 is 19.4 Å². The molecule has 0 radical (unpaired) electrons. The van der Waals surface area contributed by atoms with Crippen LogP contribution in [0.5, 0.6) is 11.5 Å². The number of hydrogen-bond acceptors (Lipinski definition) is 6. The van der Waals surface area contributed by atoms with Crippen LogP contribution in [0.2, 0.25) is 0 Å². The number of Topliss-reactive ketones (excluding diaryl/α,β-unsaturated/α-hetero) is 2. The van der Waals surface area contributed by atoms with Crippen LogP contribution in [0.1, 0.15) is 23.9 Å². The molecule has 0 saturated heterocycles. The summed E-state index contributed by atoms with van der Waals surface area (Å²) < 4.78 is 9.08. The maximum atomic E-state index is 13.7. The van der Waals surface area contributed by atoms with Crippen LogP contribution >= 0.6 is 69.0 Å². The van der Waals surface area contributed by atoms with E-state index in [9.17, 15) is 24.3 Å². The van der Waals surface area contributed by atoms with Gasteiger partial charge in [-0.1, -0.05) is 29.3 Å². The molecule has 36 heavy (non-hydrogen) atoms. The van der Waals surface area contributed by atoms with E-state index in [-0.39, 0.29) is 24.5 Å². The van der Waals surface area contributed by atoms with E-state index in [4.69, 9.17) is 51.1 Å². The van der Waals surface area contributed by atoms with E-state index in [2.05, 4.69) is 0 Å². The number of ether oxygens (including phenoxy) is 1. The van der Waals surface area contributed by atoms with Crippen LogP contribution in [0, 0.1) is 3.57 Å². The summed E-state index contributed by atoms with van der Waals surface area (Å²) in [7, 11) is 2.70. The number of aromatic nitrogens is 3. The lowest BCUT2D eigenvalue weighted by Gasteiger charge is -2.54. The van der Waals surface area contributed by atoms with Crippen LogP contribution in [0.4, 0.5) is 0 Å². The van der Waals surface area contributed by atoms with Crippen molar-refractivity contribution in [1.29, 1.82) is 0 Å². The second-order valence-electron chi connectivity index (χ2n) is 8.76. The Balaban J connectivity index is 1.88. The average molecular weight is 687 g/mol. The molecule has 1 fully saturated rings. The van der Waals surface area contributed by atoms with E-state index in [1.54, 1.807) is 12.1 Å². The van der Waals surface area contributed by atoms with Gasteiger partial charge in [-0.15, -0.1) is 23.2 Å². The molecule has 0 spiro atoms. The SMILES string of the molecule is COc1cc([C@H]2C3=CCn4c(=O)n(C)c(=O)n4[C@@H]3C[C@@]3(Cl)C(=O)C(Cl)=C(Cl)C(=O)[C@@]23Cl)cc(I)c1O. The van der Waals surface area contributed by atoms with Gasteiger partial charge in [0, 0.05) is 19.4 Å². The number of rotatable bonds is 2. The highest BCUT2D eigenvalue weighted by Crippen LogP contribution is 2.64. The van der Waals surface area contributed by atoms with Crippen LogP contribution in [0.25, 0.3) is 0 Å². The highest BCUT2D eigenvalue weighted by atomic mass is 127. The molecule has 1 N–H and O–H groups in total. The van der Waals surface area contributed by atoms with Gasteiger partial charge in [0.15, 0.2) is 23.1 Å². The fraction of sp³-hybridized carbons (Fsp3) is 0.364. The van der Waals surface area contributed by atoms with Crippen molar-refractivity contribution in [2.45, 2.75) is 34.7 Å². The number of carbonyl (C=O) groups is 2. The van der Waals surface area contributed by atoms with Crippen molar-refractivity contribution in [3.05, 3.63) is 63.9 Å². The number of alkyl halides is 2. The average Bonchev–Trinajstić information content (AvgIpc) is 3.07. The van der Waals surface area contributed by atoms with Gasteiger partial charge in [-0.05, 0) is 45.9 Å². The molecule has 1 aliphatic heterocycles. The Labute approximate surface area is 236 Å². The summed E-state index contributed by atoms with van der Waals surface area (Å²) in [6.07, 6.45) is 1.38. The molecule has 2 aliphatic carbocycles. The molecule has 9 nitrogen and oxygen atoms in total. The predicted octanol–water partition coefficient (Wildman–Crippen LogP) is 3.13. The van der Waals surface area contributed by atoms with E-state index < -0.39 is 54.7 Å². The quantitative estimate of drug-likeness (QED) is 0.295. The molecule has 1 saturated carbocycles. The Hall–Kier alpha value is -1.73. The number of phenols is 1. The third-order valence-corrected chi connectivity index (χ3v) is 10.2. The molecule has 1 aromatic heterocycles. The van der Waals surface area contributed by atoms with Crippen molar-refractivity contribution >= 4 is 80.6 Å². The molecule has 1 aromatic carbocycles. The molecule has 14 heteroatoms. The number of aromatic hydroxyl groups is 1. The summed E-state index contributed by atoms with van der Waals surface area (Å²) in [5.41, 5.74) is -0.301. The van der Waals surface area contributed by atoms with Crippen molar-refractivity contribution in [3.63, 3.8) is 0 Å². The Bertz CT molecular complexity index is 1570. The number of phenolic OH excluding ortho intramolecular Hbond substituents is 1. The van der Waals surface area contributed by atoms with Crippen molar-refractivity contribution in [1.82, 2.24) is 13.9 Å². The van der Waals surface area contributed by atoms with Gasteiger partial charge in [-0.2, -0.15) is 0 Å². The highest BCUT2D eigenvalue weighted by Gasteiger charge is 2.71. The highest BCUT2D eigenvalue weighted by molar-refractivity contribution is 14.1. The van der Waals surface area contributed by atoms with Crippen LogP contribution in [-0.4, -0.2) is 47.5 Å². The fourth-order valence-electron chi connectivity index (χ4n) is 5.37. The Morgan fingerprint density at radius 2 is 1.72 bits per heavy atom. The smallest absolute Gasteiger partial charge is 0.347 e. The number of methoxy groups -OCH3 is 1. The van der Waals surface area contributed by atoms with Gasteiger partial charge in [-0.3, -0.25) is 9.59 Å². The molecule has 3 aliphatic rings. The molecule has 5 rings (SSSR count). The van der Waals surface area contributed by atoms with Crippen molar-refractivity contribution in [2.24, 2.45) is 7.05 Å². The second-order valence-corrected chi connectivity index (χ2v) is 11.9. The zero-order valence-corrected chi connectivity index (χ0v) is 23.7. The van der Waals surface area contributed by atoms with Crippen molar-refractivity contribution in [2.75, 3.05) is 7.11 Å². The van der Waals surface area contributed by atoms with E-state index in [1.165, 1.54) is 29.6 Å². The molecular formula is C22H16Cl4IN3O6. The van der Waals surface area contributed by atoms with E-state index in [0.29, 0.717) is 14.7 Å². The summed E-state index contributed by atoms with van der Waals surface area (Å²) in [5.74, 6) is -2.85. The molecule has 0 amide bonds. The van der Waals surface area contributed by atoms with Gasteiger partial charge < -0.3 is 9.84 Å². The van der Waals surface area contributed by atoms with Gasteiger partial charge in [0.05, 0.1) is 23.3 Å².